The normalized spacial score (nSPS) is 10.2. The van der Waals surface area contributed by atoms with Crippen LogP contribution in [0.4, 0.5) is 5.82 Å². The predicted octanol–water partition coefficient (Wildman–Crippen LogP) is 1.95. The van der Waals surface area contributed by atoms with E-state index in [0.29, 0.717) is 23.3 Å². The summed E-state index contributed by atoms with van der Waals surface area (Å²) >= 11 is 0. The van der Waals surface area contributed by atoms with Crippen LogP contribution in [0.15, 0.2) is 30.3 Å². The minimum atomic E-state index is -0.567. The lowest BCUT2D eigenvalue weighted by atomic mass is 10.2. The van der Waals surface area contributed by atoms with E-state index in [9.17, 15) is 14.9 Å². The molecule has 0 aliphatic carbocycles. The van der Waals surface area contributed by atoms with Gasteiger partial charge in [0.05, 0.1) is 22.4 Å². The molecule has 1 heterocycles. The van der Waals surface area contributed by atoms with Gasteiger partial charge in [0, 0.05) is 0 Å². The minimum absolute atomic E-state index is 0.00449. The van der Waals surface area contributed by atoms with Gasteiger partial charge in [-0.15, -0.1) is 4.68 Å². The third-order valence-electron chi connectivity index (χ3n) is 2.54. The van der Waals surface area contributed by atoms with Crippen molar-refractivity contribution in [3.63, 3.8) is 0 Å². The molecule has 1 aromatic carbocycles. The molecule has 0 saturated carbocycles. The van der Waals surface area contributed by atoms with Gasteiger partial charge >= 0.3 is 5.82 Å². The maximum Gasteiger partial charge on any atom is 0.390 e. The van der Waals surface area contributed by atoms with E-state index in [4.69, 9.17) is 4.74 Å². The van der Waals surface area contributed by atoms with Crippen LogP contribution >= 0.6 is 0 Å². The number of nitro groups is 1. The van der Waals surface area contributed by atoms with E-state index in [2.05, 4.69) is 5.10 Å². The van der Waals surface area contributed by atoms with Crippen LogP contribution in [0.25, 0.3) is 0 Å². The van der Waals surface area contributed by atoms with E-state index in [-0.39, 0.29) is 12.5 Å². The summed E-state index contributed by atoms with van der Waals surface area (Å²) in [7, 11) is 0. The lowest BCUT2D eigenvalue weighted by molar-refractivity contribution is -0.389. The number of aromatic nitrogens is 2. The highest BCUT2D eigenvalue weighted by Crippen LogP contribution is 2.17. The van der Waals surface area contributed by atoms with Gasteiger partial charge in [-0.1, -0.05) is 12.1 Å². The lowest BCUT2D eigenvalue weighted by Gasteiger charge is -2.06. The standard InChI is InChI=1S/C12H11N3O4/c1-9-6-12(15(17)18)13-14(9)8-19-11-5-3-2-4-10(11)7-16/h2-7H,8H2,1H3. The van der Waals surface area contributed by atoms with Crippen LogP contribution < -0.4 is 4.74 Å². The van der Waals surface area contributed by atoms with Crippen molar-refractivity contribution in [2.75, 3.05) is 0 Å². The fraction of sp³-hybridized carbons (Fsp3) is 0.167. The molecule has 0 fully saturated rings. The molecular formula is C12H11N3O4. The summed E-state index contributed by atoms with van der Waals surface area (Å²) in [6.45, 7) is 1.69. The van der Waals surface area contributed by atoms with E-state index >= 15 is 0 Å². The molecule has 1 aromatic heterocycles. The van der Waals surface area contributed by atoms with E-state index < -0.39 is 4.92 Å². The molecule has 19 heavy (non-hydrogen) atoms. The molecule has 0 unspecified atom stereocenters. The summed E-state index contributed by atoms with van der Waals surface area (Å²) in [6, 6.07) is 8.09. The largest absolute Gasteiger partial charge is 0.469 e. The Morgan fingerprint density at radius 1 is 1.47 bits per heavy atom. The first-order chi connectivity index (χ1) is 9.11. The topological polar surface area (TPSA) is 87.3 Å². The van der Waals surface area contributed by atoms with Crippen molar-refractivity contribution in [2.24, 2.45) is 0 Å². The summed E-state index contributed by atoms with van der Waals surface area (Å²) < 4.78 is 6.80. The Morgan fingerprint density at radius 2 is 2.21 bits per heavy atom. The number of aldehydes is 1. The van der Waals surface area contributed by atoms with Gasteiger partial charge in [-0.05, 0) is 24.0 Å². The summed E-state index contributed by atoms with van der Waals surface area (Å²) in [5, 5.41) is 14.4. The van der Waals surface area contributed by atoms with Crippen LogP contribution in [0.1, 0.15) is 16.1 Å². The summed E-state index contributed by atoms with van der Waals surface area (Å²) in [4.78, 5) is 20.8. The molecule has 0 bridgehead atoms. The van der Waals surface area contributed by atoms with Crippen LogP contribution in [0.3, 0.4) is 0 Å². The molecule has 0 aliphatic rings. The maximum absolute atomic E-state index is 10.8. The second-order valence-corrected chi connectivity index (χ2v) is 3.83. The van der Waals surface area contributed by atoms with Gasteiger partial charge in [0.1, 0.15) is 5.75 Å². The highest BCUT2D eigenvalue weighted by atomic mass is 16.6. The van der Waals surface area contributed by atoms with Gasteiger partial charge in [0.2, 0.25) is 6.73 Å². The number of benzene rings is 1. The molecule has 0 saturated heterocycles. The second kappa shape index (κ2) is 5.30. The number of carbonyl (C=O) groups excluding carboxylic acids is 1. The van der Waals surface area contributed by atoms with E-state index in [1.165, 1.54) is 10.7 Å². The molecule has 7 nitrogen and oxygen atoms in total. The molecule has 7 heteroatoms. The van der Waals surface area contributed by atoms with Crippen LogP contribution in [0.5, 0.6) is 5.75 Å². The van der Waals surface area contributed by atoms with Crippen molar-refractivity contribution < 1.29 is 14.5 Å². The number of aryl methyl sites for hydroxylation is 1. The smallest absolute Gasteiger partial charge is 0.390 e. The number of carbonyl (C=O) groups is 1. The van der Waals surface area contributed by atoms with Gasteiger partial charge in [0.15, 0.2) is 6.29 Å². The molecule has 2 aromatic rings. The molecule has 0 amide bonds. The Labute approximate surface area is 108 Å². The number of rotatable bonds is 5. The molecular weight excluding hydrogens is 250 g/mol. The number of ether oxygens (including phenoxy) is 1. The van der Waals surface area contributed by atoms with Crippen molar-refractivity contribution >= 4 is 12.1 Å². The van der Waals surface area contributed by atoms with Gasteiger partial charge in [-0.25, -0.2) is 0 Å². The molecule has 2 rings (SSSR count). The third kappa shape index (κ3) is 2.76. The van der Waals surface area contributed by atoms with Crippen molar-refractivity contribution in [3.8, 4) is 5.75 Å². The van der Waals surface area contributed by atoms with Crippen molar-refractivity contribution in [1.82, 2.24) is 9.78 Å². The first-order valence-electron chi connectivity index (χ1n) is 5.47. The summed E-state index contributed by atoms with van der Waals surface area (Å²) in [5.74, 6) is 0.180. The minimum Gasteiger partial charge on any atom is -0.469 e. The first kappa shape index (κ1) is 12.7. The predicted molar refractivity (Wildman–Crippen MR) is 66.1 cm³/mol. The zero-order valence-corrected chi connectivity index (χ0v) is 10.1. The number of hydrogen-bond donors (Lipinski definition) is 0. The van der Waals surface area contributed by atoms with Crippen LogP contribution in [0, 0.1) is 17.0 Å². The van der Waals surface area contributed by atoms with Crippen LogP contribution in [-0.4, -0.2) is 21.0 Å². The Morgan fingerprint density at radius 3 is 2.84 bits per heavy atom. The van der Waals surface area contributed by atoms with Crippen molar-refractivity contribution in [2.45, 2.75) is 13.7 Å². The number of nitrogens with zero attached hydrogens (tertiary/aromatic N) is 3. The monoisotopic (exact) mass is 261 g/mol. The fourth-order valence-corrected chi connectivity index (χ4v) is 1.55. The summed E-state index contributed by atoms with van der Waals surface area (Å²) in [5.41, 5.74) is 1.03. The van der Waals surface area contributed by atoms with E-state index in [0.717, 1.165) is 0 Å². The van der Waals surface area contributed by atoms with Crippen molar-refractivity contribution in [1.29, 1.82) is 0 Å². The van der Waals surface area contributed by atoms with Gasteiger partial charge in [-0.2, -0.15) is 0 Å². The Bertz CT molecular complexity index is 621. The third-order valence-corrected chi connectivity index (χ3v) is 2.54. The fourth-order valence-electron chi connectivity index (χ4n) is 1.55. The second-order valence-electron chi connectivity index (χ2n) is 3.83. The molecule has 0 radical (unpaired) electrons. The average molecular weight is 261 g/mol. The zero-order chi connectivity index (χ0) is 13.8. The van der Waals surface area contributed by atoms with E-state index in [1.807, 2.05) is 0 Å². The molecule has 0 N–H and O–H groups in total. The average Bonchev–Trinajstić information content (AvgIpc) is 2.78. The van der Waals surface area contributed by atoms with Gasteiger partial charge < -0.3 is 14.9 Å². The van der Waals surface area contributed by atoms with Gasteiger partial charge in [-0.3, -0.25) is 4.79 Å². The quantitative estimate of drug-likeness (QED) is 0.466. The van der Waals surface area contributed by atoms with Crippen LogP contribution in [-0.2, 0) is 6.73 Å². The highest BCUT2D eigenvalue weighted by molar-refractivity contribution is 5.79. The van der Waals surface area contributed by atoms with Crippen LogP contribution in [0.2, 0.25) is 0 Å². The van der Waals surface area contributed by atoms with E-state index in [1.54, 1.807) is 31.2 Å². The molecule has 0 atom stereocenters. The van der Waals surface area contributed by atoms with Gasteiger partial charge in [0.25, 0.3) is 0 Å². The molecule has 0 spiro atoms. The SMILES string of the molecule is Cc1cc([N+](=O)[O-])nn1COc1ccccc1C=O. The molecule has 0 aliphatic heterocycles. The number of hydrogen-bond acceptors (Lipinski definition) is 5. The summed E-state index contributed by atoms with van der Waals surface area (Å²) in [6.07, 6.45) is 0.688. The Kier molecular flexibility index (Phi) is 3.56. The Balaban J connectivity index is 2.14. The Hall–Kier alpha value is -2.70. The lowest BCUT2D eigenvalue weighted by Crippen LogP contribution is -2.09. The first-order valence-corrected chi connectivity index (χ1v) is 5.47. The highest BCUT2D eigenvalue weighted by Gasteiger charge is 2.15. The number of para-hydroxylation sites is 1. The maximum atomic E-state index is 10.8. The molecule has 98 valence electrons. The zero-order valence-electron chi connectivity index (χ0n) is 10.1. The van der Waals surface area contributed by atoms with Crippen molar-refractivity contribution in [3.05, 3.63) is 51.7 Å².